The van der Waals surface area contributed by atoms with Crippen molar-refractivity contribution < 1.29 is 9.15 Å². The quantitative estimate of drug-likeness (QED) is 0.751. The molecule has 0 radical (unpaired) electrons. The maximum Gasteiger partial charge on any atom is 0.296 e. The van der Waals surface area contributed by atoms with Crippen LogP contribution < -0.4 is 11.1 Å². The number of nitrogens with two attached hydrogens (primary N) is 1. The molecule has 0 amide bonds. The Kier molecular flexibility index (Phi) is 2.18. The van der Waals surface area contributed by atoms with Crippen molar-refractivity contribution in [1.29, 1.82) is 0 Å². The smallest absolute Gasteiger partial charge is 0.296 e. The van der Waals surface area contributed by atoms with Gasteiger partial charge in [-0.1, -0.05) is 6.07 Å². The first-order valence-electron chi connectivity index (χ1n) is 5.32. The molecule has 1 aromatic carbocycles. The lowest BCUT2D eigenvalue weighted by molar-refractivity contribution is 0.195. The van der Waals surface area contributed by atoms with Crippen molar-refractivity contribution >= 4 is 22.8 Å². The molecule has 1 aliphatic rings. The van der Waals surface area contributed by atoms with Crippen LogP contribution in [-0.4, -0.2) is 24.2 Å². The van der Waals surface area contributed by atoms with Crippen LogP contribution in [0.25, 0.3) is 11.1 Å². The fourth-order valence-corrected chi connectivity index (χ4v) is 1.85. The number of ether oxygens (including phenoxy) is 1. The van der Waals surface area contributed by atoms with Crippen LogP contribution in [0.4, 0.5) is 11.7 Å². The second kappa shape index (κ2) is 3.68. The van der Waals surface area contributed by atoms with Crippen LogP contribution in [0.2, 0.25) is 0 Å². The third kappa shape index (κ3) is 1.59. The van der Waals surface area contributed by atoms with E-state index in [-0.39, 0.29) is 6.04 Å². The Hall–Kier alpha value is -1.75. The molecule has 1 atom stereocenters. The minimum atomic E-state index is 0.286. The summed E-state index contributed by atoms with van der Waals surface area (Å²) in [4.78, 5) is 4.32. The normalized spacial score (nSPS) is 20.4. The van der Waals surface area contributed by atoms with Gasteiger partial charge in [0.15, 0.2) is 5.58 Å². The van der Waals surface area contributed by atoms with E-state index in [2.05, 4.69) is 10.3 Å². The molecule has 2 aromatic rings. The maximum atomic E-state index is 5.80. The fraction of sp³-hybridized carbons (Fsp3) is 0.364. The van der Waals surface area contributed by atoms with E-state index in [4.69, 9.17) is 14.9 Å². The minimum absolute atomic E-state index is 0.286. The summed E-state index contributed by atoms with van der Waals surface area (Å²) < 4.78 is 10.8. The van der Waals surface area contributed by atoms with Gasteiger partial charge < -0.3 is 20.2 Å². The average molecular weight is 219 g/mol. The Morgan fingerprint density at radius 1 is 1.44 bits per heavy atom. The van der Waals surface area contributed by atoms with Crippen LogP contribution in [0.1, 0.15) is 6.42 Å². The molecule has 2 heterocycles. The number of oxazole rings is 1. The number of fused-ring (bicyclic) bond motifs is 1. The van der Waals surface area contributed by atoms with Gasteiger partial charge in [-0.25, -0.2) is 0 Å². The molecule has 0 aliphatic carbocycles. The molecule has 1 saturated heterocycles. The van der Waals surface area contributed by atoms with E-state index in [1.54, 1.807) is 0 Å². The molecule has 3 N–H and O–H groups in total. The van der Waals surface area contributed by atoms with Crippen molar-refractivity contribution in [2.24, 2.45) is 0 Å². The van der Waals surface area contributed by atoms with E-state index in [1.807, 2.05) is 18.2 Å². The predicted octanol–water partition coefficient (Wildman–Crippen LogP) is 1.61. The third-order valence-corrected chi connectivity index (χ3v) is 2.71. The molecule has 0 saturated carbocycles. The van der Waals surface area contributed by atoms with Crippen LogP contribution in [0, 0.1) is 0 Å². The second-order valence-corrected chi connectivity index (χ2v) is 3.92. The summed E-state index contributed by atoms with van der Waals surface area (Å²) in [5.74, 6) is 0. The predicted molar refractivity (Wildman–Crippen MR) is 61.3 cm³/mol. The molecule has 0 bridgehead atoms. The highest BCUT2D eigenvalue weighted by atomic mass is 16.5. The van der Waals surface area contributed by atoms with Crippen molar-refractivity contribution in [1.82, 2.24) is 4.98 Å². The number of hydrogen-bond donors (Lipinski definition) is 2. The van der Waals surface area contributed by atoms with E-state index in [0.717, 1.165) is 13.0 Å². The Morgan fingerprint density at radius 3 is 3.12 bits per heavy atom. The first kappa shape index (κ1) is 9.47. The highest BCUT2D eigenvalue weighted by Crippen LogP contribution is 2.24. The van der Waals surface area contributed by atoms with Crippen LogP contribution >= 0.6 is 0 Å². The number of rotatable bonds is 2. The van der Waals surface area contributed by atoms with Gasteiger partial charge in [-0.05, 0) is 18.6 Å². The number of nitrogens with one attached hydrogen (secondary N) is 1. The zero-order chi connectivity index (χ0) is 11.0. The van der Waals surface area contributed by atoms with Gasteiger partial charge in [0.1, 0.15) is 5.52 Å². The number of anilines is 2. The third-order valence-electron chi connectivity index (χ3n) is 2.71. The van der Waals surface area contributed by atoms with E-state index < -0.39 is 0 Å². The SMILES string of the molecule is Nc1cccc2oc(NC3CCOC3)nc12. The highest BCUT2D eigenvalue weighted by molar-refractivity contribution is 5.86. The van der Waals surface area contributed by atoms with E-state index in [0.29, 0.717) is 29.4 Å². The topological polar surface area (TPSA) is 73.3 Å². The summed E-state index contributed by atoms with van der Waals surface area (Å²) in [6.45, 7) is 1.49. The number of hydrogen-bond acceptors (Lipinski definition) is 5. The van der Waals surface area contributed by atoms with Crippen molar-refractivity contribution in [3.05, 3.63) is 18.2 Å². The van der Waals surface area contributed by atoms with Crippen LogP contribution in [0.15, 0.2) is 22.6 Å². The van der Waals surface area contributed by atoms with Crippen molar-refractivity contribution in [2.75, 3.05) is 24.3 Å². The Bertz CT molecular complexity index is 503. The Labute approximate surface area is 92.6 Å². The molecular formula is C11H13N3O2. The second-order valence-electron chi connectivity index (χ2n) is 3.92. The molecule has 16 heavy (non-hydrogen) atoms. The summed E-state index contributed by atoms with van der Waals surface area (Å²) in [7, 11) is 0. The molecule has 3 rings (SSSR count). The molecule has 1 aromatic heterocycles. The molecule has 0 spiro atoms. The van der Waals surface area contributed by atoms with E-state index in [1.165, 1.54) is 0 Å². The summed E-state index contributed by atoms with van der Waals surface area (Å²) in [5.41, 5.74) is 7.86. The van der Waals surface area contributed by atoms with Gasteiger partial charge in [-0.2, -0.15) is 4.98 Å². The monoisotopic (exact) mass is 219 g/mol. The Balaban J connectivity index is 1.90. The maximum absolute atomic E-state index is 5.80. The van der Waals surface area contributed by atoms with E-state index >= 15 is 0 Å². The zero-order valence-corrected chi connectivity index (χ0v) is 8.77. The van der Waals surface area contributed by atoms with Crippen molar-refractivity contribution in [2.45, 2.75) is 12.5 Å². The molecular weight excluding hydrogens is 206 g/mol. The first-order chi connectivity index (χ1) is 7.83. The van der Waals surface area contributed by atoms with E-state index in [9.17, 15) is 0 Å². The number of aromatic nitrogens is 1. The molecule has 1 aliphatic heterocycles. The number of para-hydroxylation sites is 1. The largest absolute Gasteiger partial charge is 0.423 e. The lowest BCUT2D eigenvalue weighted by atomic mass is 10.3. The van der Waals surface area contributed by atoms with Crippen LogP contribution in [-0.2, 0) is 4.74 Å². The van der Waals surface area contributed by atoms with Gasteiger partial charge in [0.2, 0.25) is 0 Å². The van der Waals surface area contributed by atoms with Gasteiger partial charge in [0, 0.05) is 6.61 Å². The van der Waals surface area contributed by atoms with Gasteiger partial charge in [-0.15, -0.1) is 0 Å². The van der Waals surface area contributed by atoms with Crippen molar-refractivity contribution in [3.8, 4) is 0 Å². The van der Waals surface area contributed by atoms with Crippen LogP contribution in [0.3, 0.4) is 0 Å². The summed E-state index contributed by atoms with van der Waals surface area (Å²) in [6.07, 6.45) is 0.980. The van der Waals surface area contributed by atoms with Gasteiger partial charge in [-0.3, -0.25) is 0 Å². The van der Waals surface area contributed by atoms with Gasteiger partial charge >= 0.3 is 0 Å². The standard InChI is InChI=1S/C11H13N3O2/c12-8-2-1-3-9-10(8)14-11(16-9)13-7-4-5-15-6-7/h1-3,7H,4-6,12H2,(H,13,14). The summed E-state index contributed by atoms with van der Waals surface area (Å²) in [5, 5.41) is 3.20. The van der Waals surface area contributed by atoms with Crippen LogP contribution in [0.5, 0.6) is 0 Å². The minimum Gasteiger partial charge on any atom is -0.423 e. The molecule has 5 heteroatoms. The lowest BCUT2D eigenvalue weighted by Gasteiger charge is -2.06. The number of nitrogens with zero attached hydrogens (tertiary/aromatic N) is 1. The molecule has 1 fully saturated rings. The number of benzene rings is 1. The molecule has 84 valence electrons. The first-order valence-corrected chi connectivity index (χ1v) is 5.32. The lowest BCUT2D eigenvalue weighted by Crippen LogP contribution is -2.18. The molecule has 1 unspecified atom stereocenters. The summed E-state index contributed by atoms with van der Waals surface area (Å²) >= 11 is 0. The zero-order valence-electron chi connectivity index (χ0n) is 8.77. The molecule has 5 nitrogen and oxygen atoms in total. The average Bonchev–Trinajstić information content (AvgIpc) is 2.88. The fourth-order valence-electron chi connectivity index (χ4n) is 1.85. The number of nitrogen functional groups attached to an aromatic ring is 1. The summed E-state index contributed by atoms with van der Waals surface area (Å²) in [6, 6.07) is 6.32. The highest BCUT2D eigenvalue weighted by Gasteiger charge is 2.18. The van der Waals surface area contributed by atoms with Crippen molar-refractivity contribution in [3.63, 3.8) is 0 Å². The van der Waals surface area contributed by atoms with Gasteiger partial charge in [0.05, 0.1) is 18.3 Å². The Morgan fingerprint density at radius 2 is 2.38 bits per heavy atom. The van der Waals surface area contributed by atoms with Gasteiger partial charge in [0.25, 0.3) is 6.01 Å².